The largest absolute Gasteiger partial charge is 0.497 e. The predicted octanol–water partition coefficient (Wildman–Crippen LogP) is 3.08. The monoisotopic (exact) mass is 296 g/mol. The molecule has 1 amide bonds. The highest BCUT2D eigenvalue weighted by molar-refractivity contribution is 5.97. The molecule has 0 fully saturated rings. The van der Waals surface area contributed by atoms with E-state index >= 15 is 0 Å². The maximum Gasteiger partial charge on any atom is 0.246 e. The summed E-state index contributed by atoms with van der Waals surface area (Å²) in [5, 5.41) is 2.96. The van der Waals surface area contributed by atoms with Gasteiger partial charge in [0.15, 0.2) is 0 Å². The van der Waals surface area contributed by atoms with Crippen molar-refractivity contribution in [2.45, 2.75) is 19.4 Å². The number of nitrogens with zero attached hydrogens (tertiary/aromatic N) is 1. The highest BCUT2D eigenvalue weighted by Crippen LogP contribution is 2.29. The molecule has 2 aromatic carbocycles. The standard InChI is InChI=1S/C18H20N2O2/c1-13(20-12-11-14-5-3-4-6-17(14)20)18(21)19-15-7-9-16(22-2)10-8-15/h3-10,13H,11-12H2,1-2H3,(H,19,21)/t13-/m0/s1. The number of methoxy groups -OCH3 is 1. The van der Waals surface area contributed by atoms with Crippen molar-refractivity contribution in [3.63, 3.8) is 0 Å². The van der Waals surface area contributed by atoms with E-state index in [0.717, 1.165) is 24.4 Å². The molecule has 4 nitrogen and oxygen atoms in total. The Kier molecular flexibility index (Phi) is 4.00. The van der Waals surface area contributed by atoms with Crippen LogP contribution in [0.2, 0.25) is 0 Å². The Morgan fingerprint density at radius 1 is 1.18 bits per heavy atom. The van der Waals surface area contributed by atoms with Crippen molar-refractivity contribution in [1.29, 1.82) is 0 Å². The Balaban J connectivity index is 1.70. The molecule has 0 spiro atoms. The third-order valence-corrected chi connectivity index (χ3v) is 4.13. The van der Waals surface area contributed by atoms with Crippen LogP contribution < -0.4 is 15.0 Å². The zero-order valence-corrected chi connectivity index (χ0v) is 12.9. The van der Waals surface area contributed by atoms with E-state index in [4.69, 9.17) is 4.74 Å². The summed E-state index contributed by atoms with van der Waals surface area (Å²) in [5.41, 5.74) is 3.26. The van der Waals surface area contributed by atoms with Crippen molar-refractivity contribution >= 4 is 17.3 Å². The average molecular weight is 296 g/mol. The van der Waals surface area contributed by atoms with Crippen molar-refractivity contribution in [3.05, 3.63) is 54.1 Å². The summed E-state index contributed by atoms with van der Waals surface area (Å²) in [6, 6.07) is 15.4. The molecule has 1 aliphatic rings. The fourth-order valence-electron chi connectivity index (χ4n) is 2.83. The first-order valence-corrected chi connectivity index (χ1v) is 7.48. The molecule has 0 aromatic heterocycles. The van der Waals surface area contributed by atoms with Gasteiger partial charge in [-0.1, -0.05) is 18.2 Å². The van der Waals surface area contributed by atoms with Crippen LogP contribution in [-0.2, 0) is 11.2 Å². The van der Waals surface area contributed by atoms with Gasteiger partial charge in [-0.25, -0.2) is 0 Å². The third kappa shape index (κ3) is 2.77. The minimum atomic E-state index is -0.203. The van der Waals surface area contributed by atoms with Crippen molar-refractivity contribution in [2.75, 3.05) is 23.9 Å². The molecule has 1 aliphatic heterocycles. The number of nitrogens with one attached hydrogen (secondary N) is 1. The number of fused-ring (bicyclic) bond motifs is 1. The molecule has 0 bridgehead atoms. The summed E-state index contributed by atoms with van der Waals surface area (Å²) in [6.45, 7) is 2.83. The molecule has 0 radical (unpaired) electrons. The highest BCUT2D eigenvalue weighted by Gasteiger charge is 2.27. The number of hydrogen-bond acceptors (Lipinski definition) is 3. The maximum atomic E-state index is 12.5. The van der Waals surface area contributed by atoms with Gasteiger partial charge in [0.05, 0.1) is 7.11 Å². The van der Waals surface area contributed by atoms with Gasteiger partial charge in [-0.05, 0) is 49.2 Å². The minimum Gasteiger partial charge on any atom is -0.497 e. The van der Waals surface area contributed by atoms with Gasteiger partial charge in [0, 0.05) is 17.9 Å². The van der Waals surface area contributed by atoms with Crippen molar-refractivity contribution in [2.24, 2.45) is 0 Å². The summed E-state index contributed by atoms with van der Waals surface area (Å²) in [7, 11) is 1.63. The van der Waals surface area contributed by atoms with Crippen LogP contribution in [0.15, 0.2) is 48.5 Å². The summed E-state index contributed by atoms with van der Waals surface area (Å²) in [4.78, 5) is 14.6. The summed E-state index contributed by atoms with van der Waals surface area (Å²) in [6.07, 6.45) is 0.996. The number of rotatable bonds is 4. The number of ether oxygens (including phenoxy) is 1. The number of para-hydroxylation sites is 1. The first-order valence-electron chi connectivity index (χ1n) is 7.48. The van der Waals surface area contributed by atoms with E-state index in [-0.39, 0.29) is 11.9 Å². The zero-order valence-electron chi connectivity index (χ0n) is 12.9. The van der Waals surface area contributed by atoms with Crippen LogP contribution in [0.4, 0.5) is 11.4 Å². The number of anilines is 2. The van der Waals surface area contributed by atoms with Gasteiger partial charge in [-0.3, -0.25) is 4.79 Å². The van der Waals surface area contributed by atoms with E-state index in [0.29, 0.717) is 0 Å². The Hall–Kier alpha value is -2.49. The second-order valence-corrected chi connectivity index (χ2v) is 5.47. The van der Waals surface area contributed by atoms with E-state index in [1.807, 2.05) is 43.3 Å². The van der Waals surface area contributed by atoms with Gasteiger partial charge in [0.2, 0.25) is 5.91 Å². The van der Waals surface area contributed by atoms with E-state index in [9.17, 15) is 4.79 Å². The molecule has 22 heavy (non-hydrogen) atoms. The molecule has 4 heteroatoms. The predicted molar refractivity (Wildman–Crippen MR) is 88.6 cm³/mol. The van der Waals surface area contributed by atoms with Crippen LogP contribution in [0.5, 0.6) is 5.75 Å². The smallest absolute Gasteiger partial charge is 0.246 e. The number of hydrogen-bond donors (Lipinski definition) is 1. The quantitative estimate of drug-likeness (QED) is 0.942. The second kappa shape index (κ2) is 6.10. The van der Waals surface area contributed by atoms with E-state index in [1.54, 1.807) is 7.11 Å². The summed E-state index contributed by atoms with van der Waals surface area (Å²) in [5.74, 6) is 0.779. The molecule has 1 N–H and O–H groups in total. The summed E-state index contributed by atoms with van der Waals surface area (Å²) < 4.78 is 5.12. The Bertz CT molecular complexity index is 667. The van der Waals surface area contributed by atoms with Crippen LogP contribution in [0.1, 0.15) is 12.5 Å². The molecule has 0 aliphatic carbocycles. The van der Waals surface area contributed by atoms with E-state index < -0.39 is 0 Å². The van der Waals surface area contributed by atoms with Crippen LogP contribution in [-0.4, -0.2) is 25.6 Å². The zero-order chi connectivity index (χ0) is 15.5. The van der Waals surface area contributed by atoms with E-state index in [2.05, 4.69) is 22.3 Å². The fourth-order valence-corrected chi connectivity index (χ4v) is 2.83. The Morgan fingerprint density at radius 3 is 2.64 bits per heavy atom. The molecular formula is C18H20N2O2. The molecule has 0 saturated heterocycles. The highest BCUT2D eigenvalue weighted by atomic mass is 16.5. The number of carbonyl (C=O) groups is 1. The lowest BCUT2D eigenvalue weighted by Gasteiger charge is -2.26. The molecule has 3 rings (SSSR count). The lowest BCUT2D eigenvalue weighted by atomic mass is 10.1. The normalized spacial score (nSPS) is 14.4. The maximum absolute atomic E-state index is 12.5. The van der Waals surface area contributed by atoms with Gasteiger partial charge in [-0.2, -0.15) is 0 Å². The molecule has 1 atom stereocenters. The lowest BCUT2D eigenvalue weighted by Crippen LogP contribution is -2.41. The van der Waals surface area contributed by atoms with Gasteiger partial charge in [0.1, 0.15) is 11.8 Å². The first kappa shape index (κ1) is 14.4. The third-order valence-electron chi connectivity index (χ3n) is 4.13. The topological polar surface area (TPSA) is 41.6 Å². The molecule has 1 heterocycles. The minimum absolute atomic E-state index is 0.00173. The van der Waals surface area contributed by atoms with Crippen LogP contribution in [0.3, 0.4) is 0 Å². The Morgan fingerprint density at radius 2 is 1.91 bits per heavy atom. The fraction of sp³-hybridized carbons (Fsp3) is 0.278. The lowest BCUT2D eigenvalue weighted by molar-refractivity contribution is -0.117. The van der Waals surface area contributed by atoms with Crippen molar-refractivity contribution < 1.29 is 9.53 Å². The van der Waals surface area contributed by atoms with Crippen molar-refractivity contribution in [1.82, 2.24) is 0 Å². The van der Waals surface area contributed by atoms with E-state index in [1.165, 1.54) is 11.3 Å². The second-order valence-electron chi connectivity index (χ2n) is 5.47. The molecule has 114 valence electrons. The SMILES string of the molecule is COc1ccc(NC(=O)[C@H](C)N2CCc3ccccc32)cc1. The first-order chi connectivity index (χ1) is 10.7. The van der Waals surface area contributed by atoms with Gasteiger partial charge in [0.25, 0.3) is 0 Å². The molecule has 0 unspecified atom stereocenters. The Labute approximate surface area is 130 Å². The van der Waals surface area contributed by atoms with Crippen LogP contribution in [0, 0.1) is 0 Å². The molecular weight excluding hydrogens is 276 g/mol. The number of benzene rings is 2. The summed E-state index contributed by atoms with van der Waals surface area (Å²) >= 11 is 0. The molecule has 0 saturated carbocycles. The number of amides is 1. The van der Waals surface area contributed by atoms with Gasteiger partial charge < -0.3 is 15.0 Å². The van der Waals surface area contributed by atoms with Gasteiger partial charge >= 0.3 is 0 Å². The van der Waals surface area contributed by atoms with Crippen LogP contribution in [0.25, 0.3) is 0 Å². The van der Waals surface area contributed by atoms with Crippen LogP contribution >= 0.6 is 0 Å². The number of carbonyl (C=O) groups excluding carboxylic acids is 1. The van der Waals surface area contributed by atoms with Gasteiger partial charge in [-0.15, -0.1) is 0 Å². The molecule has 2 aromatic rings. The average Bonchev–Trinajstić information content (AvgIpc) is 2.99. The van der Waals surface area contributed by atoms with Crippen molar-refractivity contribution in [3.8, 4) is 5.75 Å².